The highest BCUT2D eigenvalue weighted by Gasteiger charge is 2.01. The van der Waals surface area contributed by atoms with Gasteiger partial charge in [-0.15, -0.1) is 0 Å². The van der Waals surface area contributed by atoms with Gasteiger partial charge < -0.3 is 5.11 Å². The van der Waals surface area contributed by atoms with Gasteiger partial charge in [0.15, 0.2) is 0 Å². The van der Waals surface area contributed by atoms with Crippen molar-refractivity contribution in [2.45, 2.75) is 0 Å². The van der Waals surface area contributed by atoms with E-state index in [9.17, 15) is 4.79 Å². The third kappa shape index (κ3) is 3.15. The minimum atomic E-state index is -0.949. The van der Waals surface area contributed by atoms with Crippen LogP contribution in [0.25, 0.3) is 0 Å². The van der Waals surface area contributed by atoms with Crippen molar-refractivity contribution < 1.29 is 9.90 Å². The first-order chi connectivity index (χ1) is 8.25. The fourth-order valence-corrected chi connectivity index (χ4v) is 1.86. The molecule has 1 aromatic carbocycles. The number of anilines is 1. The van der Waals surface area contributed by atoms with E-state index in [4.69, 9.17) is 5.11 Å². The van der Waals surface area contributed by atoms with Gasteiger partial charge in [-0.25, -0.2) is 4.79 Å². The Kier molecular flexibility index (Phi) is 3.52. The van der Waals surface area contributed by atoms with Crippen LogP contribution in [0.3, 0.4) is 0 Å². The molecule has 0 aliphatic rings. The minimum absolute atomic E-state index is 0.237. The molecule has 0 fully saturated rings. The van der Waals surface area contributed by atoms with Crippen molar-refractivity contribution in [2.24, 2.45) is 5.10 Å². The Morgan fingerprint density at radius 3 is 3.00 bits per heavy atom. The van der Waals surface area contributed by atoms with E-state index in [-0.39, 0.29) is 5.56 Å². The van der Waals surface area contributed by atoms with Crippen LogP contribution < -0.4 is 5.43 Å². The maximum atomic E-state index is 10.7. The van der Waals surface area contributed by atoms with E-state index in [1.165, 1.54) is 12.1 Å². The summed E-state index contributed by atoms with van der Waals surface area (Å²) in [5.41, 5.74) is 4.69. The molecule has 1 heterocycles. The van der Waals surface area contributed by atoms with E-state index < -0.39 is 5.97 Å². The zero-order valence-electron chi connectivity index (χ0n) is 8.83. The first kappa shape index (κ1) is 11.3. The number of carboxylic acid groups (broad SMARTS) is 1. The molecule has 1 aromatic heterocycles. The molecule has 0 spiro atoms. The molecule has 0 atom stereocenters. The third-order valence-corrected chi connectivity index (χ3v) is 2.76. The smallest absolute Gasteiger partial charge is 0.335 e. The number of aromatic carboxylic acids is 1. The third-order valence-electron chi connectivity index (χ3n) is 2.06. The summed E-state index contributed by atoms with van der Waals surface area (Å²) < 4.78 is 0. The van der Waals surface area contributed by atoms with Crippen LogP contribution in [0, 0.1) is 0 Å². The quantitative estimate of drug-likeness (QED) is 0.644. The van der Waals surface area contributed by atoms with Gasteiger partial charge in [-0.3, -0.25) is 5.43 Å². The van der Waals surface area contributed by atoms with Crippen LogP contribution in [0.1, 0.15) is 15.9 Å². The van der Waals surface area contributed by atoms with E-state index in [1.54, 1.807) is 29.7 Å². The van der Waals surface area contributed by atoms with Crippen molar-refractivity contribution in [1.82, 2.24) is 0 Å². The second-order valence-corrected chi connectivity index (χ2v) is 4.09. The number of benzene rings is 1. The summed E-state index contributed by atoms with van der Waals surface area (Å²) >= 11 is 1.60. The van der Waals surface area contributed by atoms with Crippen LogP contribution in [0.4, 0.5) is 5.69 Å². The lowest BCUT2D eigenvalue weighted by Gasteiger charge is -2.00. The second kappa shape index (κ2) is 5.27. The van der Waals surface area contributed by atoms with Gasteiger partial charge in [-0.05, 0) is 35.0 Å². The number of nitrogens with zero attached hydrogens (tertiary/aromatic N) is 1. The van der Waals surface area contributed by atoms with Gasteiger partial charge in [0.05, 0.1) is 17.5 Å². The van der Waals surface area contributed by atoms with Crippen LogP contribution in [-0.2, 0) is 0 Å². The maximum Gasteiger partial charge on any atom is 0.335 e. The van der Waals surface area contributed by atoms with Crippen LogP contribution in [0.2, 0.25) is 0 Å². The van der Waals surface area contributed by atoms with E-state index >= 15 is 0 Å². The molecular weight excluding hydrogens is 236 g/mol. The van der Waals surface area contributed by atoms with E-state index in [0.717, 1.165) is 5.56 Å². The Bertz CT molecular complexity index is 535. The first-order valence-electron chi connectivity index (χ1n) is 4.90. The van der Waals surface area contributed by atoms with Crippen LogP contribution >= 0.6 is 11.3 Å². The number of thiophene rings is 1. The molecule has 2 N–H and O–H groups in total. The molecular formula is C12H10N2O2S. The van der Waals surface area contributed by atoms with Gasteiger partial charge in [0.1, 0.15) is 0 Å². The van der Waals surface area contributed by atoms with Crippen LogP contribution in [-0.4, -0.2) is 17.3 Å². The summed E-state index contributed by atoms with van der Waals surface area (Å²) in [7, 11) is 0. The normalized spacial score (nSPS) is 10.6. The lowest BCUT2D eigenvalue weighted by Crippen LogP contribution is -1.97. The van der Waals surface area contributed by atoms with Crippen molar-refractivity contribution in [1.29, 1.82) is 0 Å². The predicted molar refractivity (Wildman–Crippen MR) is 68.9 cm³/mol. The van der Waals surface area contributed by atoms with Gasteiger partial charge in [-0.2, -0.15) is 16.4 Å². The Hall–Kier alpha value is -2.14. The van der Waals surface area contributed by atoms with E-state index in [2.05, 4.69) is 10.5 Å². The summed E-state index contributed by atoms with van der Waals surface area (Å²) in [6.07, 6.45) is 1.68. The summed E-state index contributed by atoms with van der Waals surface area (Å²) in [5.74, 6) is -0.949. The zero-order valence-corrected chi connectivity index (χ0v) is 9.65. The molecule has 0 radical (unpaired) electrons. The number of carboxylic acids is 1. The lowest BCUT2D eigenvalue weighted by atomic mass is 10.2. The summed E-state index contributed by atoms with van der Waals surface area (Å²) in [4.78, 5) is 10.7. The highest BCUT2D eigenvalue weighted by atomic mass is 32.1. The monoisotopic (exact) mass is 246 g/mol. The molecule has 4 nitrogen and oxygen atoms in total. The Morgan fingerprint density at radius 1 is 1.41 bits per heavy atom. The number of rotatable bonds is 4. The fraction of sp³-hybridized carbons (Fsp3) is 0. The Balaban J connectivity index is 2.04. The molecule has 0 unspecified atom stereocenters. The van der Waals surface area contributed by atoms with E-state index in [1.807, 2.05) is 16.8 Å². The predicted octanol–water partition coefficient (Wildman–Crippen LogP) is 2.89. The largest absolute Gasteiger partial charge is 0.478 e. The number of hydrogen-bond donors (Lipinski definition) is 2. The average molecular weight is 246 g/mol. The van der Waals surface area contributed by atoms with Gasteiger partial charge in [0, 0.05) is 5.56 Å². The van der Waals surface area contributed by atoms with Gasteiger partial charge >= 0.3 is 5.97 Å². The standard InChI is InChI=1S/C12H10N2O2S/c15-12(16)10-2-1-3-11(6-10)14-13-7-9-4-5-17-8-9/h1-8,14H,(H,15,16)/b13-7+. The molecule has 17 heavy (non-hydrogen) atoms. The van der Waals surface area contributed by atoms with Crippen molar-refractivity contribution in [3.05, 3.63) is 52.2 Å². The van der Waals surface area contributed by atoms with Crippen molar-refractivity contribution >= 4 is 29.2 Å². The molecule has 0 saturated carbocycles. The highest BCUT2D eigenvalue weighted by molar-refractivity contribution is 7.08. The molecule has 0 bridgehead atoms. The van der Waals surface area contributed by atoms with Crippen molar-refractivity contribution in [3.63, 3.8) is 0 Å². The van der Waals surface area contributed by atoms with Crippen LogP contribution in [0.5, 0.6) is 0 Å². The first-order valence-corrected chi connectivity index (χ1v) is 5.84. The highest BCUT2D eigenvalue weighted by Crippen LogP contribution is 2.10. The Morgan fingerprint density at radius 2 is 2.29 bits per heavy atom. The molecule has 0 amide bonds. The van der Waals surface area contributed by atoms with Gasteiger partial charge in [0.25, 0.3) is 0 Å². The topological polar surface area (TPSA) is 61.7 Å². The van der Waals surface area contributed by atoms with E-state index in [0.29, 0.717) is 5.69 Å². The maximum absolute atomic E-state index is 10.7. The van der Waals surface area contributed by atoms with Gasteiger partial charge in [-0.1, -0.05) is 6.07 Å². The average Bonchev–Trinajstić information content (AvgIpc) is 2.82. The minimum Gasteiger partial charge on any atom is -0.478 e. The number of nitrogens with one attached hydrogen (secondary N) is 1. The summed E-state index contributed by atoms with van der Waals surface area (Å²) in [6.45, 7) is 0. The number of hydrogen-bond acceptors (Lipinski definition) is 4. The molecule has 2 rings (SSSR count). The Labute approximate surface area is 102 Å². The molecule has 5 heteroatoms. The number of carbonyl (C=O) groups is 1. The SMILES string of the molecule is O=C(O)c1cccc(N/N=C/c2ccsc2)c1. The fourth-order valence-electron chi connectivity index (χ4n) is 1.25. The van der Waals surface area contributed by atoms with Crippen molar-refractivity contribution in [3.8, 4) is 0 Å². The lowest BCUT2D eigenvalue weighted by molar-refractivity contribution is 0.0697. The zero-order chi connectivity index (χ0) is 12.1. The van der Waals surface area contributed by atoms with Crippen molar-refractivity contribution in [2.75, 3.05) is 5.43 Å². The second-order valence-electron chi connectivity index (χ2n) is 3.31. The summed E-state index contributed by atoms with van der Waals surface area (Å²) in [5, 5.41) is 16.8. The molecule has 0 aliphatic heterocycles. The van der Waals surface area contributed by atoms with Crippen LogP contribution in [0.15, 0.2) is 46.2 Å². The molecule has 86 valence electrons. The number of hydrazone groups is 1. The molecule has 2 aromatic rings. The molecule has 0 aliphatic carbocycles. The molecule has 0 saturated heterocycles. The van der Waals surface area contributed by atoms with Gasteiger partial charge in [0.2, 0.25) is 0 Å². The summed E-state index contributed by atoms with van der Waals surface area (Å²) in [6, 6.07) is 8.45.